The minimum Gasteiger partial charge on any atom is -0.444 e. The van der Waals surface area contributed by atoms with Crippen LogP contribution < -0.4 is 5.32 Å². The molecular formula is C9H14N2O2S. The normalized spacial score (nSPS) is 11.1. The van der Waals surface area contributed by atoms with Crippen LogP contribution in [0.4, 0.5) is 4.79 Å². The molecular weight excluding hydrogens is 200 g/mol. The largest absolute Gasteiger partial charge is 0.444 e. The lowest BCUT2D eigenvalue weighted by Gasteiger charge is -2.19. The zero-order chi connectivity index (χ0) is 10.6. The Bertz CT molecular complexity index is 290. The predicted octanol–water partition coefficient (Wildman–Crippen LogP) is 2.17. The van der Waals surface area contributed by atoms with Crippen molar-refractivity contribution in [3.8, 4) is 0 Å². The second kappa shape index (κ2) is 4.41. The van der Waals surface area contributed by atoms with E-state index in [9.17, 15) is 4.79 Å². The van der Waals surface area contributed by atoms with Crippen molar-refractivity contribution in [2.24, 2.45) is 0 Å². The van der Waals surface area contributed by atoms with E-state index in [1.165, 1.54) is 11.5 Å². The van der Waals surface area contributed by atoms with Crippen LogP contribution in [0.3, 0.4) is 0 Å². The Kier molecular flexibility index (Phi) is 3.46. The quantitative estimate of drug-likeness (QED) is 0.820. The first-order valence-electron chi connectivity index (χ1n) is 4.34. The molecule has 1 N–H and O–H groups in total. The summed E-state index contributed by atoms with van der Waals surface area (Å²) in [6.07, 6.45) is 1.31. The van der Waals surface area contributed by atoms with Crippen LogP contribution in [0, 0.1) is 0 Å². The van der Waals surface area contributed by atoms with E-state index in [1.807, 2.05) is 26.8 Å². The van der Waals surface area contributed by atoms with Gasteiger partial charge in [-0.05, 0) is 38.4 Å². The summed E-state index contributed by atoms with van der Waals surface area (Å²) in [4.78, 5) is 12.2. The van der Waals surface area contributed by atoms with Gasteiger partial charge in [-0.2, -0.15) is 0 Å². The molecule has 0 saturated carbocycles. The number of hydrogen-bond donors (Lipinski definition) is 1. The van der Waals surface area contributed by atoms with Crippen molar-refractivity contribution in [1.82, 2.24) is 9.69 Å². The molecule has 0 spiro atoms. The second-order valence-corrected chi connectivity index (χ2v) is 4.75. The van der Waals surface area contributed by atoms with Crippen molar-refractivity contribution < 1.29 is 9.53 Å². The summed E-state index contributed by atoms with van der Waals surface area (Å²) in [5, 5.41) is 2.65. The molecule has 0 fully saturated rings. The summed E-state index contributed by atoms with van der Waals surface area (Å²) < 4.78 is 8.99. The Labute approximate surface area is 87.4 Å². The number of ether oxygens (including phenoxy) is 1. The van der Waals surface area contributed by atoms with E-state index in [2.05, 4.69) is 9.69 Å². The van der Waals surface area contributed by atoms with Gasteiger partial charge in [-0.15, -0.1) is 0 Å². The maximum Gasteiger partial charge on any atom is 0.407 e. The van der Waals surface area contributed by atoms with Gasteiger partial charge < -0.3 is 10.1 Å². The van der Waals surface area contributed by atoms with Crippen LogP contribution >= 0.6 is 11.5 Å². The highest BCUT2D eigenvalue weighted by Crippen LogP contribution is 2.07. The zero-order valence-corrected chi connectivity index (χ0v) is 9.35. The van der Waals surface area contributed by atoms with Crippen LogP contribution in [-0.4, -0.2) is 16.1 Å². The van der Waals surface area contributed by atoms with Crippen LogP contribution in [0.2, 0.25) is 0 Å². The molecule has 0 aromatic carbocycles. The number of nitrogens with zero attached hydrogens (tertiary/aromatic N) is 1. The van der Waals surface area contributed by atoms with Crippen LogP contribution in [0.15, 0.2) is 12.3 Å². The Morgan fingerprint density at radius 3 is 2.86 bits per heavy atom. The maximum atomic E-state index is 11.2. The van der Waals surface area contributed by atoms with Crippen LogP contribution in [-0.2, 0) is 11.3 Å². The molecule has 1 aromatic rings. The third kappa shape index (κ3) is 4.23. The molecule has 0 atom stereocenters. The van der Waals surface area contributed by atoms with Crippen molar-refractivity contribution in [1.29, 1.82) is 0 Å². The van der Waals surface area contributed by atoms with Crippen molar-refractivity contribution >= 4 is 17.6 Å². The minimum absolute atomic E-state index is 0.397. The van der Waals surface area contributed by atoms with Gasteiger partial charge >= 0.3 is 6.09 Å². The molecule has 1 amide bonds. The molecule has 0 aliphatic heterocycles. The molecule has 78 valence electrons. The van der Waals surface area contributed by atoms with Crippen molar-refractivity contribution in [2.45, 2.75) is 32.9 Å². The monoisotopic (exact) mass is 214 g/mol. The number of nitrogens with one attached hydrogen (secondary N) is 1. The number of amides is 1. The van der Waals surface area contributed by atoms with Crippen molar-refractivity contribution in [2.75, 3.05) is 0 Å². The lowest BCUT2D eigenvalue weighted by Crippen LogP contribution is -2.31. The summed E-state index contributed by atoms with van der Waals surface area (Å²) in [6, 6.07) is 1.86. The van der Waals surface area contributed by atoms with Gasteiger partial charge in [0.15, 0.2) is 0 Å². The Hall–Kier alpha value is -1.10. The number of carbonyl (C=O) groups excluding carboxylic acids is 1. The van der Waals surface area contributed by atoms with Crippen molar-refractivity contribution in [3.63, 3.8) is 0 Å². The highest BCUT2D eigenvalue weighted by molar-refractivity contribution is 7.05. The highest BCUT2D eigenvalue weighted by Gasteiger charge is 2.15. The summed E-state index contributed by atoms with van der Waals surface area (Å²) in [7, 11) is 0. The average Bonchev–Trinajstić information content (AvgIpc) is 2.49. The van der Waals surface area contributed by atoms with E-state index < -0.39 is 11.7 Å². The van der Waals surface area contributed by atoms with Gasteiger partial charge in [0.25, 0.3) is 0 Å². The lowest BCUT2D eigenvalue weighted by atomic mass is 10.2. The third-order valence-corrected chi connectivity index (χ3v) is 2.04. The molecule has 4 nitrogen and oxygen atoms in total. The summed E-state index contributed by atoms with van der Waals surface area (Å²) in [6.45, 7) is 5.97. The predicted molar refractivity (Wildman–Crippen MR) is 55.2 cm³/mol. The first-order chi connectivity index (χ1) is 6.47. The molecule has 0 aliphatic rings. The smallest absolute Gasteiger partial charge is 0.407 e. The Balaban J connectivity index is 2.29. The number of aromatic nitrogens is 1. The van der Waals surface area contributed by atoms with Gasteiger partial charge in [0, 0.05) is 11.1 Å². The minimum atomic E-state index is -0.447. The third-order valence-electron chi connectivity index (χ3n) is 1.30. The first kappa shape index (κ1) is 11.0. The molecule has 5 heteroatoms. The van der Waals surface area contributed by atoms with E-state index in [4.69, 9.17) is 4.74 Å². The summed E-state index contributed by atoms with van der Waals surface area (Å²) in [5.41, 5.74) is -0.447. The molecule has 1 rings (SSSR count). The fourth-order valence-electron chi connectivity index (χ4n) is 0.807. The maximum absolute atomic E-state index is 11.2. The van der Waals surface area contributed by atoms with E-state index >= 15 is 0 Å². The van der Waals surface area contributed by atoms with E-state index in [1.54, 1.807) is 6.20 Å². The van der Waals surface area contributed by atoms with E-state index in [0.717, 1.165) is 4.88 Å². The van der Waals surface area contributed by atoms with Crippen LogP contribution in [0.5, 0.6) is 0 Å². The Morgan fingerprint density at radius 1 is 1.64 bits per heavy atom. The fraction of sp³-hybridized carbons (Fsp3) is 0.556. The number of alkyl carbamates (subject to hydrolysis) is 1. The number of rotatable bonds is 2. The molecule has 0 radical (unpaired) electrons. The Morgan fingerprint density at radius 2 is 2.36 bits per heavy atom. The van der Waals surface area contributed by atoms with Gasteiger partial charge in [0.1, 0.15) is 5.60 Å². The standard InChI is InChI=1S/C9H14N2O2S/c1-9(2,3)13-8(12)10-6-7-4-5-11-14-7/h4-5H,6H2,1-3H3,(H,10,12). The van der Waals surface area contributed by atoms with Gasteiger partial charge in [-0.3, -0.25) is 0 Å². The zero-order valence-electron chi connectivity index (χ0n) is 8.53. The summed E-state index contributed by atoms with van der Waals surface area (Å²) in [5.74, 6) is 0. The van der Waals surface area contributed by atoms with Crippen LogP contribution in [0.25, 0.3) is 0 Å². The molecule has 1 aromatic heterocycles. The van der Waals surface area contributed by atoms with Gasteiger partial charge in [-0.25, -0.2) is 9.17 Å². The second-order valence-electron chi connectivity index (χ2n) is 3.83. The number of hydrogen-bond acceptors (Lipinski definition) is 4. The summed E-state index contributed by atoms with van der Waals surface area (Å²) >= 11 is 1.36. The molecule has 0 aliphatic carbocycles. The molecule has 14 heavy (non-hydrogen) atoms. The topological polar surface area (TPSA) is 51.2 Å². The number of carbonyl (C=O) groups is 1. The van der Waals surface area contributed by atoms with Gasteiger partial charge in [0.2, 0.25) is 0 Å². The van der Waals surface area contributed by atoms with E-state index in [-0.39, 0.29) is 0 Å². The van der Waals surface area contributed by atoms with Crippen molar-refractivity contribution in [3.05, 3.63) is 17.1 Å². The van der Waals surface area contributed by atoms with E-state index in [0.29, 0.717) is 6.54 Å². The average molecular weight is 214 g/mol. The van der Waals surface area contributed by atoms with Gasteiger partial charge in [-0.1, -0.05) is 0 Å². The highest BCUT2D eigenvalue weighted by atomic mass is 32.1. The molecule has 1 heterocycles. The molecule has 0 unspecified atom stereocenters. The molecule has 0 bridgehead atoms. The lowest BCUT2D eigenvalue weighted by molar-refractivity contribution is 0.0524. The van der Waals surface area contributed by atoms with Crippen LogP contribution in [0.1, 0.15) is 25.6 Å². The van der Waals surface area contributed by atoms with Gasteiger partial charge in [0.05, 0.1) is 6.54 Å². The fourth-order valence-corrected chi connectivity index (χ4v) is 1.32. The first-order valence-corrected chi connectivity index (χ1v) is 5.11. The SMILES string of the molecule is CC(C)(C)OC(=O)NCc1ccns1. The molecule has 0 saturated heterocycles.